The Bertz CT molecular complexity index is 855. The van der Waals surface area contributed by atoms with Crippen molar-refractivity contribution in [3.63, 3.8) is 0 Å². The number of aryl methyl sites for hydroxylation is 1. The molecule has 0 bridgehead atoms. The van der Waals surface area contributed by atoms with Crippen LogP contribution >= 0.6 is 11.6 Å². The van der Waals surface area contributed by atoms with Crippen molar-refractivity contribution in [2.45, 2.75) is 13.3 Å². The summed E-state index contributed by atoms with van der Waals surface area (Å²) in [6, 6.07) is 5.85. The molecule has 0 aromatic carbocycles. The summed E-state index contributed by atoms with van der Waals surface area (Å²) in [7, 11) is 0. The van der Waals surface area contributed by atoms with Gasteiger partial charge in [-0.05, 0) is 24.6 Å². The molecule has 8 heteroatoms. The monoisotopic (exact) mass is 343 g/mol. The Kier molecular flexibility index (Phi) is 3.93. The Labute approximate surface area is 144 Å². The van der Waals surface area contributed by atoms with E-state index in [9.17, 15) is 0 Å². The molecule has 0 amide bonds. The van der Waals surface area contributed by atoms with Crippen molar-refractivity contribution < 1.29 is 0 Å². The van der Waals surface area contributed by atoms with Gasteiger partial charge in [0.2, 0.25) is 5.65 Å². The minimum atomic E-state index is 0.697. The number of aromatic nitrogens is 5. The lowest BCUT2D eigenvalue weighted by molar-refractivity contribution is 0.646. The fourth-order valence-electron chi connectivity index (χ4n) is 3.04. The molecule has 24 heavy (non-hydrogen) atoms. The van der Waals surface area contributed by atoms with Gasteiger partial charge in [0.25, 0.3) is 0 Å². The molecule has 0 atom stereocenters. The summed E-state index contributed by atoms with van der Waals surface area (Å²) in [5.41, 5.74) is 2.93. The largest absolute Gasteiger partial charge is 0.365 e. The summed E-state index contributed by atoms with van der Waals surface area (Å²) in [6.07, 6.45) is 4.32. The van der Waals surface area contributed by atoms with Crippen LogP contribution in [0.2, 0.25) is 5.02 Å². The highest BCUT2D eigenvalue weighted by molar-refractivity contribution is 6.32. The van der Waals surface area contributed by atoms with Gasteiger partial charge in [0, 0.05) is 32.4 Å². The van der Waals surface area contributed by atoms with Crippen LogP contribution in [0.1, 0.15) is 12.6 Å². The van der Waals surface area contributed by atoms with Gasteiger partial charge in [0.05, 0.1) is 16.4 Å². The van der Waals surface area contributed by atoms with Crippen LogP contribution in [0.5, 0.6) is 0 Å². The molecular weight excluding hydrogens is 326 g/mol. The molecule has 4 heterocycles. The normalized spacial score (nSPS) is 15.2. The van der Waals surface area contributed by atoms with Gasteiger partial charge < -0.3 is 9.80 Å². The zero-order chi connectivity index (χ0) is 16.5. The van der Waals surface area contributed by atoms with Crippen LogP contribution in [0.25, 0.3) is 5.65 Å². The molecule has 0 radical (unpaired) electrons. The summed E-state index contributed by atoms with van der Waals surface area (Å²) >= 11 is 6.27. The van der Waals surface area contributed by atoms with Gasteiger partial charge in [-0.2, -0.15) is 9.61 Å². The Morgan fingerprint density at radius 2 is 1.96 bits per heavy atom. The molecule has 0 aliphatic carbocycles. The molecular formula is C16H18ClN7. The van der Waals surface area contributed by atoms with E-state index in [4.69, 9.17) is 11.6 Å². The highest BCUT2D eigenvalue weighted by Gasteiger charge is 2.22. The molecule has 1 fully saturated rings. The molecule has 0 spiro atoms. The third kappa shape index (κ3) is 2.65. The maximum atomic E-state index is 6.27. The number of piperazine rings is 1. The number of pyridine rings is 1. The van der Waals surface area contributed by atoms with E-state index in [2.05, 4.69) is 43.1 Å². The number of fused-ring (bicyclic) bond motifs is 1. The zero-order valence-corrected chi connectivity index (χ0v) is 14.2. The van der Waals surface area contributed by atoms with Crippen molar-refractivity contribution in [3.8, 4) is 0 Å². The van der Waals surface area contributed by atoms with Crippen LogP contribution in [-0.4, -0.2) is 51.0 Å². The van der Waals surface area contributed by atoms with Gasteiger partial charge in [-0.3, -0.25) is 0 Å². The maximum Gasteiger partial charge on any atom is 0.200 e. The van der Waals surface area contributed by atoms with Crippen molar-refractivity contribution in [2.75, 3.05) is 36.0 Å². The maximum absolute atomic E-state index is 6.27. The van der Waals surface area contributed by atoms with Crippen molar-refractivity contribution in [3.05, 3.63) is 41.4 Å². The molecule has 1 aliphatic heterocycles. The predicted molar refractivity (Wildman–Crippen MR) is 93.8 cm³/mol. The van der Waals surface area contributed by atoms with Gasteiger partial charge in [0.15, 0.2) is 0 Å². The van der Waals surface area contributed by atoms with Crippen molar-refractivity contribution in [1.82, 2.24) is 24.8 Å². The van der Waals surface area contributed by atoms with E-state index in [-0.39, 0.29) is 0 Å². The van der Waals surface area contributed by atoms with E-state index in [0.717, 1.165) is 55.4 Å². The van der Waals surface area contributed by atoms with Crippen LogP contribution in [0.4, 0.5) is 11.5 Å². The molecule has 3 aromatic rings. The van der Waals surface area contributed by atoms with Crippen LogP contribution in [0.3, 0.4) is 0 Å². The zero-order valence-electron chi connectivity index (χ0n) is 13.4. The van der Waals surface area contributed by atoms with Gasteiger partial charge in [0.1, 0.15) is 12.1 Å². The Morgan fingerprint density at radius 3 is 2.71 bits per heavy atom. The standard InChI is InChI=1S/C16H18ClN7/c1-2-12-10-14(16-20-19-11-24(16)21-12)22-6-8-23(9-7-22)15-13(17)4-3-5-18-15/h3-5,10-11H,2,6-9H2,1H3. The summed E-state index contributed by atoms with van der Waals surface area (Å²) in [4.78, 5) is 8.96. The third-order valence-corrected chi connectivity index (χ3v) is 4.62. The predicted octanol–water partition coefficient (Wildman–Crippen LogP) is 2.06. The number of nitrogens with zero attached hydrogens (tertiary/aromatic N) is 7. The second-order valence-electron chi connectivity index (χ2n) is 5.76. The van der Waals surface area contributed by atoms with E-state index in [1.165, 1.54) is 0 Å². The first-order chi connectivity index (χ1) is 11.8. The molecule has 7 nitrogen and oxygen atoms in total. The molecule has 1 aliphatic rings. The molecule has 0 N–H and O–H groups in total. The van der Waals surface area contributed by atoms with Gasteiger partial charge in [-0.25, -0.2) is 4.98 Å². The molecule has 0 saturated carbocycles. The Balaban J connectivity index is 1.58. The van der Waals surface area contributed by atoms with Crippen molar-refractivity contribution in [2.24, 2.45) is 0 Å². The van der Waals surface area contributed by atoms with Crippen LogP contribution in [0.15, 0.2) is 30.7 Å². The van der Waals surface area contributed by atoms with Gasteiger partial charge >= 0.3 is 0 Å². The lowest BCUT2D eigenvalue weighted by atomic mass is 10.2. The lowest BCUT2D eigenvalue weighted by Gasteiger charge is -2.37. The first kappa shape index (κ1) is 15.1. The number of hydrogen-bond donors (Lipinski definition) is 0. The lowest BCUT2D eigenvalue weighted by Crippen LogP contribution is -2.47. The third-order valence-electron chi connectivity index (χ3n) is 4.32. The summed E-state index contributed by atoms with van der Waals surface area (Å²) < 4.78 is 1.76. The van der Waals surface area contributed by atoms with E-state index in [0.29, 0.717) is 5.02 Å². The first-order valence-corrected chi connectivity index (χ1v) is 8.44. The fraction of sp³-hybridized carbons (Fsp3) is 0.375. The van der Waals surface area contributed by atoms with Gasteiger partial charge in [-0.15, -0.1) is 10.2 Å². The summed E-state index contributed by atoms with van der Waals surface area (Å²) in [5, 5.41) is 13.4. The second kappa shape index (κ2) is 6.24. The fourth-order valence-corrected chi connectivity index (χ4v) is 3.28. The highest BCUT2D eigenvalue weighted by Crippen LogP contribution is 2.26. The molecule has 3 aromatic heterocycles. The van der Waals surface area contributed by atoms with Crippen LogP contribution in [-0.2, 0) is 6.42 Å². The van der Waals surface area contributed by atoms with Gasteiger partial charge in [-0.1, -0.05) is 18.5 Å². The minimum absolute atomic E-state index is 0.697. The smallest absolute Gasteiger partial charge is 0.200 e. The van der Waals surface area contributed by atoms with E-state index < -0.39 is 0 Å². The van der Waals surface area contributed by atoms with Crippen molar-refractivity contribution in [1.29, 1.82) is 0 Å². The van der Waals surface area contributed by atoms with E-state index in [1.54, 1.807) is 17.0 Å². The number of anilines is 2. The first-order valence-electron chi connectivity index (χ1n) is 8.06. The van der Waals surface area contributed by atoms with E-state index >= 15 is 0 Å². The van der Waals surface area contributed by atoms with Crippen LogP contribution < -0.4 is 9.80 Å². The average Bonchev–Trinajstić information content (AvgIpc) is 3.10. The topological polar surface area (TPSA) is 62.5 Å². The van der Waals surface area contributed by atoms with Crippen LogP contribution in [0, 0.1) is 0 Å². The summed E-state index contributed by atoms with van der Waals surface area (Å²) in [6.45, 7) is 5.58. The highest BCUT2D eigenvalue weighted by atomic mass is 35.5. The van der Waals surface area contributed by atoms with Crippen molar-refractivity contribution >= 4 is 28.8 Å². The second-order valence-corrected chi connectivity index (χ2v) is 6.16. The summed E-state index contributed by atoms with van der Waals surface area (Å²) in [5.74, 6) is 0.857. The Morgan fingerprint density at radius 1 is 1.17 bits per heavy atom. The number of halogens is 1. The molecule has 4 rings (SSSR count). The quantitative estimate of drug-likeness (QED) is 0.725. The minimum Gasteiger partial charge on any atom is -0.365 e. The molecule has 124 valence electrons. The SMILES string of the molecule is CCc1cc(N2CCN(c3ncccc3Cl)CC2)c2nncn2n1. The number of hydrogen-bond acceptors (Lipinski definition) is 6. The number of rotatable bonds is 3. The molecule has 0 unspecified atom stereocenters. The average molecular weight is 344 g/mol. The molecule has 1 saturated heterocycles. The Hall–Kier alpha value is -2.41. The van der Waals surface area contributed by atoms with E-state index in [1.807, 2.05) is 12.1 Å².